The number of methoxy groups -OCH3 is 1. The highest BCUT2D eigenvalue weighted by molar-refractivity contribution is 6.31. The number of nitrogens with zero attached hydrogens (tertiary/aromatic N) is 1. The van der Waals surface area contributed by atoms with Gasteiger partial charge in [-0.25, -0.2) is 4.98 Å². The molecule has 2 rings (SSSR count). The van der Waals surface area contributed by atoms with E-state index in [2.05, 4.69) is 4.98 Å². The number of oxazole rings is 1. The number of carbonyl (C=O) groups excluding carboxylic acids is 1. The van der Waals surface area contributed by atoms with Crippen LogP contribution >= 0.6 is 11.6 Å². The molecule has 1 aromatic carbocycles. The second-order valence-corrected chi connectivity index (χ2v) is 3.37. The molecule has 0 unspecified atom stereocenters. The number of rotatable bonds is 3. The lowest BCUT2D eigenvalue weighted by Gasteiger charge is -1.99. The fraction of sp³-hybridized carbons (Fsp3) is 0.0909. The predicted octanol–water partition coefficient (Wildman–Crippen LogP) is 2.82. The number of aromatic nitrogens is 1. The molecule has 2 aromatic rings. The molecule has 0 amide bonds. The highest BCUT2D eigenvalue weighted by Crippen LogP contribution is 2.25. The van der Waals surface area contributed by atoms with Gasteiger partial charge in [-0.2, -0.15) is 0 Å². The minimum absolute atomic E-state index is 0.000757. The van der Waals surface area contributed by atoms with Crippen LogP contribution in [0.1, 0.15) is 10.5 Å². The molecule has 0 saturated carbocycles. The van der Waals surface area contributed by atoms with Crippen molar-refractivity contribution in [3.05, 3.63) is 35.2 Å². The lowest BCUT2D eigenvalue weighted by Crippen LogP contribution is -1.83. The van der Waals surface area contributed by atoms with Crippen molar-refractivity contribution >= 4 is 17.9 Å². The van der Waals surface area contributed by atoms with E-state index < -0.39 is 0 Å². The monoisotopic (exact) mass is 237 g/mol. The highest BCUT2D eigenvalue weighted by Gasteiger charge is 2.11. The Morgan fingerprint density at radius 1 is 1.38 bits per heavy atom. The molecule has 0 bridgehead atoms. The van der Waals surface area contributed by atoms with Gasteiger partial charge in [0.25, 0.3) is 0 Å². The van der Waals surface area contributed by atoms with Gasteiger partial charge in [0.05, 0.1) is 7.11 Å². The van der Waals surface area contributed by atoms with E-state index in [1.54, 1.807) is 31.4 Å². The maximum Gasteiger partial charge on any atom is 0.228 e. The van der Waals surface area contributed by atoms with Crippen molar-refractivity contribution in [3.8, 4) is 17.2 Å². The van der Waals surface area contributed by atoms with Crippen molar-refractivity contribution in [1.82, 2.24) is 4.98 Å². The van der Waals surface area contributed by atoms with Crippen LogP contribution in [0, 0.1) is 0 Å². The lowest BCUT2D eigenvalue weighted by atomic mass is 10.2. The van der Waals surface area contributed by atoms with Crippen LogP contribution < -0.4 is 4.74 Å². The van der Waals surface area contributed by atoms with Gasteiger partial charge in [0, 0.05) is 5.56 Å². The Hall–Kier alpha value is -1.81. The van der Waals surface area contributed by atoms with Crippen molar-refractivity contribution < 1.29 is 13.9 Å². The van der Waals surface area contributed by atoms with Gasteiger partial charge in [-0.1, -0.05) is 0 Å². The molecule has 0 saturated heterocycles. The molecule has 0 fully saturated rings. The van der Waals surface area contributed by atoms with Crippen LogP contribution in [0.5, 0.6) is 5.75 Å². The summed E-state index contributed by atoms with van der Waals surface area (Å²) in [6, 6.07) is 7.09. The first-order valence-electron chi connectivity index (χ1n) is 4.50. The SMILES string of the molecule is COc1ccc(-c2nc(C=O)c(Cl)o2)cc1. The normalized spacial score (nSPS) is 10.1. The van der Waals surface area contributed by atoms with Gasteiger partial charge in [0.2, 0.25) is 11.1 Å². The quantitative estimate of drug-likeness (QED) is 0.771. The Bertz CT molecular complexity index is 504. The van der Waals surface area contributed by atoms with Crippen LogP contribution in [0.4, 0.5) is 0 Å². The van der Waals surface area contributed by atoms with E-state index in [0.29, 0.717) is 12.2 Å². The summed E-state index contributed by atoms with van der Waals surface area (Å²) in [5, 5.41) is 0.000757. The predicted molar refractivity (Wildman–Crippen MR) is 58.9 cm³/mol. The molecule has 0 aliphatic rings. The Labute approximate surface area is 96.8 Å². The number of hydrogen-bond donors (Lipinski definition) is 0. The van der Waals surface area contributed by atoms with Gasteiger partial charge in [-0.15, -0.1) is 0 Å². The molecule has 0 aliphatic carbocycles. The van der Waals surface area contributed by atoms with E-state index in [1.165, 1.54) is 0 Å². The minimum atomic E-state index is 0.000757. The molecule has 5 heteroatoms. The smallest absolute Gasteiger partial charge is 0.228 e. The van der Waals surface area contributed by atoms with Crippen LogP contribution in [0.2, 0.25) is 5.22 Å². The van der Waals surface area contributed by atoms with Crippen molar-refractivity contribution in [3.63, 3.8) is 0 Å². The standard InChI is InChI=1S/C11H8ClNO3/c1-15-8-4-2-7(3-5-8)11-13-9(6-14)10(12)16-11/h2-6H,1H3. The van der Waals surface area contributed by atoms with Crippen LogP contribution in [0.25, 0.3) is 11.5 Å². The van der Waals surface area contributed by atoms with E-state index in [1.807, 2.05) is 0 Å². The number of halogens is 1. The first kappa shape index (κ1) is 10.7. The number of aldehydes is 1. The zero-order chi connectivity index (χ0) is 11.5. The zero-order valence-electron chi connectivity index (χ0n) is 8.44. The third-order valence-corrected chi connectivity index (χ3v) is 2.33. The van der Waals surface area contributed by atoms with Gasteiger partial charge in [0.1, 0.15) is 5.75 Å². The molecule has 4 nitrogen and oxygen atoms in total. The van der Waals surface area contributed by atoms with Gasteiger partial charge in [-0.05, 0) is 35.9 Å². The van der Waals surface area contributed by atoms with E-state index in [0.717, 1.165) is 11.3 Å². The third kappa shape index (κ3) is 1.92. The fourth-order valence-electron chi connectivity index (χ4n) is 1.24. The highest BCUT2D eigenvalue weighted by atomic mass is 35.5. The molecule has 0 radical (unpaired) electrons. The largest absolute Gasteiger partial charge is 0.497 e. The Balaban J connectivity index is 2.38. The first-order chi connectivity index (χ1) is 7.74. The summed E-state index contributed by atoms with van der Waals surface area (Å²) in [4.78, 5) is 14.5. The van der Waals surface area contributed by atoms with Crippen LogP contribution in [-0.2, 0) is 0 Å². The topological polar surface area (TPSA) is 52.3 Å². The van der Waals surface area contributed by atoms with Crippen LogP contribution in [0.15, 0.2) is 28.7 Å². The summed E-state index contributed by atoms with van der Waals surface area (Å²) in [6.07, 6.45) is 0.554. The van der Waals surface area contributed by atoms with Gasteiger partial charge in [-0.3, -0.25) is 4.79 Å². The van der Waals surface area contributed by atoms with Gasteiger partial charge >= 0.3 is 0 Å². The zero-order valence-corrected chi connectivity index (χ0v) is 9.19. The minimum Gasteiger partial charge on any atom is -0.497 e. The van der Waals surface area contributed by atoms with Crippen molar-refractivity contribution in [2.45, 2.75) is 0 Å². The van der Waals surface area contributed by atoms with Crippen LogP contribution in [-0.4, -0.2) is 18.4 Å². The number of ether oxygens (including phenoxy) is 1. The number of carbonyl (C=O) groups is 1. The first-order valence-corrected chi connectivity index (χ1v) is 4.88. The van der Waals surface area contributed by atoms with Gasteiger partial charge in [0.15, 0.2) is 12.0 Å². The molecule has 16 heavy (non-hydrogen) atoms. The Morgan fingerprint density at radius 3 is 2.56 bits per heavy atom. The maximum absolute atomic E-state index is 10.5. The van der Waals surface area contributed by atoms with E-state index in [4.69, 9.17) is 20.8 Å². The summed E-state index contributed by atoms with van der Waals surface area (Å²) >= 11 is 5.67. The number of benzene rings is 1. The summed E-state index contributed by atoms with van der Waals surface area (Å²) in [5.74, 6) is 1.05. The van der Waals surface area contributed by atoms with Crippen molar-refractivity contribution in [2.24, 2.45) is 0 Å². The maximum atomic E-state index is 10.5. The van der Waals surface area contributed by atoms with E-state index in [-0.39, 0.29) is 10.9 Å². The molecule has 82 valence electrons. The Kier molecular flexibility index (Phi) is 2.92. The molecular formula is C11H8ClNO3. The summed E-state index contributed by atoms with van der Waals surface area (Å²) in [7, 11) is 1.58. The Morgan fingerprint density at radius 2 is 2.06 bits per heavy atom. The second kappa shape index (κ2) is 4.37. The molecular weight excluding hydrogens is 230 g/mol. The van der Waals surface area contributed by atoms with E-state index in [9.17, 15) is 4.79 Å². The fourth-order valence-corrected chi connectivity index (χ4v) is 1.40. The van der Waals surface area contributed by atoms with E-state index >= 15 is 0 Å². The number of hydrogen-bond acceptors (Lipinski definition) is 4. The molecule has 0 atom stereocenters. The molecule has 0 spiro atoms. The third-order valence-electron chi connectivity index (χ3n) is 2.06. The molecule has 1 heterocycles. The van der Waals surface area contributed by atoms with Crippen molar-refractivity contribution in [1.29, 1.82) is 0 Å². The average Bonchev–Trinajstić information content (AvgIpc) is 2.71. The summed E-state index contributed by atoms with van der Waals surface area (Å²) < 4.78 is 10.2. The molecule has 1 aromatic heterocycles. The summed E-state index contributed by atoms with van der Waals surface area (Å²) in [6.45, 7) is 0. The van der Waals surface area contributed by atoms with Gasteiger partial charge < -0.3 is 9.15 Å². The molecule has 0 N–H and O–H groups in total. The summed E-state index contributed by atoms with van der Waals surface area (Å²) in [5.41, 5.74) is 0.836. The average molecular weight is 238 g/mol. The van der Waals surface area contributed by atoms with Crippen LogP contribution in [0.3, 0.4) is 0 Å². The second-order valence-electron chi connectivity index (χ2n) is 3.02. The molecule has 0 aliphatic heterocycles. The lowest BCUT2D eigenvalue weighted by molar-refractivity contribution is 0.111. The van der Waals surface area contributed by atoms with Crippen molar-refractivity contribution in [2.75, 3.05) is 7.11 Å².